The summed E-state index contributed by atoms with van der Waals surface area (Å²) in [4.78, 5) is 2.37. The topological polar surface area (TPSA) is 33.7 Å². The van der Waals surface area contributed by atoms with Gasteiger partial charge in [0.1, 0.15) is 6.61 Å². The van der Waals surface area contributed by atoms with Gasteiger partial charge in [-0.1, -0.05) is 31.5 Å². The second-order valence-electron chi connectivity index (χ2n) is 8.03. The van der Waals surface area contributed by atoms with Crippen LogP contribution in [0.25, 0.3) is 0 Å². The molecule has 1 aliphatic rings. The Morgan fingerprint density at radius 2 is 1.69 bits per heavy atom. The van der Waals surface area contributed by atoms with Gasteiger partial charge in [0, 0.05) is 13.1 Å². The van der Waals surface area contributed by atoms with E-state index >= 15 is 0 Å². The molecule has 158 valence electrons. The zero-order valence-electron chi connectivity index (χ0n) is 18.9. The summed E-state index contributed by atoms with van der Waals surface area (Å²) in [5.41, 5.74) is 8.04. The summed E-state index contributed by atoms with van der Waals surface area (Å²) in [6.45, 7) is 15.6. The van der Waals surface area contributed by atoms with E-state index < -0.39 is 0 Å². The number of methoxy groups -OCH3 is 1. The molecule has 3 rings (SSSR count). The van der Waals surface area contributed by atoms with Crippen molar-refractivity contribution in [2.24, 2.45) is 0 Å². The highest BCUT2D eigenvalue weighted by Crippen LogP contribution is 2.39. The van der Waals surface area contributed by atoms with Crippen LogP contribution in [-0.4, -0.2) is 44.8 Å². The van der Waals surface area contributed by atoms with E-state index in [1.807, 2.05) is 0 Å². The molecule has 2 aromatic rings. The van der Waals surface area contributed by atoms with Crippen molar-refractivity contribution in [1.82, 2.24) is 10.2 Å². The Morgan fingerprint density at radius 1 is 1.00 bits per heavy atom. The number of hydrogen-bond donors (Lipinski definition) is 1. The summed E-state index contributed by atoms with van der Waals surface area (Å²) in [6.07, 6.45) is 1.01. The molecule has 1 heterocycles. The van der Waals surface area contributed by atoms with Crippen LogP contribution in [0.2, 0.25) is 0 Å². The Hall–Kier alpha value is -2.04. The molecule has 0 fully saturated rings. The molecule has 0 aliphatic carbocycles. The van der Waals surface area contributed by atoms with Crippen LogP contribution in [0.5, 0.6) is 11.5 Å². The van der Waals surface area contributed by atoms with Gasteiger partial charge in [0.2, 0.25) is 0 Å². The van der Waals surface area contributed by atoms with Crippen molar-refractivity contribution >= 4 is 0 Å². The van der Waals surface area contributed by atoms with E-state index in [0.717, 1.165) is 44.1 Å². The van der Waals surface area contributed by atoms with E-state index in [-0.39, 0.29) is 6.04 Å². The Labute approximate surface area is 176 Å². The minimum atomic E-state index is 0.190. The smallest absolute Gasteiger partial charge is 0.161 e. The Morgan fingerprint density at radius 3 is 2.31 bits per heavy atom. The van der Waals surface area contributed by atoms with Crippen LogP contribution < -0.4 is 14.8 Å². The van der Waals surface area contributed by atoms with Crippen molar-refractivity contribution in [3.63, 3.8) is 0 Å². The van der Waals surface area contributed by atoms with Crippen LogP contribution in [-0.2, 0) is 6.42 Å². The fourth-order valence-corrected chi connectivity index (χ4v) is 4.57. The first-order valence-electron chi connectivity index (χ1n) is 10.9. The van der Waals surface area contributed by atoms with Gasteiger partial charge in [0.15, 0.2) is 11.5 Å². The molecule has 0 radical (unpaired) electrons. The van der Waals surface area contributed by atoms with Gasteiger partial charge < -0.3 is 19.7 Å². The lowest BCUT2D eigenvalue weighted by atomic mass is 9.85. The van der Waals surface area contributed by atoms with Gasteiger partial charge in [-0.15, -0.1) is 0 Å². The summed E-state index contributed by atoms with van der Waals surface area (Å²) < 4.78 is 11.9. The fraction of sp³-hybridized carbons (Fsp3) is 0.520. The van der Waals surface area contributed by atoms with Gasteiger partial charge in [0.25, 0.3) is 0 Å². The third-order valence-corrected chi connectivity index (χ3v) is 6.07. The molecule has 0 amide bonds. The van der Waals surface area contributed by atoms with Crippen molar-refractivity contribution in [3.05, 3.63) is 57.6 Å². The first-order valence-corrected chi connectivity index (χ1v) is 10.9. The number of likely N-dealkylation sites (N-methyl/N-ethyl adjacent to an activating group) is 1. The Balaban J connectivity index is 1.94. The third-order valence-electron chi connectivity index (χ3n) is 6.07. The van der Waals surface area contributed by atoms with Crippen molar-refractivity contribution in [2.45, 2.75) is 47.1 Å². The van der Waals surface area contributed by atoms with Gasteiger partial charge in [0.05, 0.1) is 13.2 Å². The maximum Gasteiger partial charge on any atom is 0.161 e. The highest BCUT2D eigenvalue weighted by Gasteiger charge is 2.26. The Kier molecular flexibility index (Phi) is 7.20. The maximum atomic E-state index is 6.20. The van der Waals surface area contributed by atoms with Crippen LogP contribution in [0.1, 0.15) is 53.3 Å². The number of nitrogens with zero attached hydrogens (tertiary/aromatic N) is 1. The number of rotatable bonds is 8. The van der Waals surface area contributed by atoms with Gasteiger partial charge in [-0.3, -0.25) is 0 Å². The SMILES string of the molecule is CCN(CC)CCOc1cc2c(cc1OC)CCNC2c1c(C)cc(C)cc1C. The molecular formula is C25H36N2O2. The van der Waals surface area contributed by atoms with E-state index in [9.17, 15) is 0 Å². The minimum Gasteiger partial charge on any atom is -0.493 e. The van der Waals surface area contributed by atoms with Gasteiger partial charge >= 0.3 is 0 Å². The number of fused-ring (bicyclic) bond motifs is 1. The molecule has 4 heteroatoms. The number of ether oxygens (including phenoxy) is 2. The lowest BCUT2D eigenvalue weighted by Gasteiger charge is -2.31. The lowest BCUT2D eigenvalue weighted by molar-refractivity contribution is 0.217. The maximum absolute atomic E-state index is 6.20. The predicted molar refractivity (Wildman–Crippen MR) is 120 cm³/mol. The van der Waals surface area contributed by atoms with Gasteiger partial charge in [-0.2, -0.15) is 0 Å². The van der Waals surface area contributed by atoms with E-state index in [1.165, 1.54) is 33.4 Å². The van der Waals surface area contributed by atoms with Crippen molar-refractivity contribution in [1.29, 1.82) is 0 Å². The van der Waals surface area contributed by atoms with Crippen molar-refractivity contribution < 1.29 is 9.47 Å². The molecule has 1 unspecified atom stereocenters. The summed E-state index contributed by atoms with van der Waals surface area (Å²) in [7, 11) is 1.73. The number of nitrogens with one attached hydrogen (secondary N) is 1. The molecule has 0 bridgehead atoms. The van der Waals surface area contributed by atoms with E-state index in [0.29, 0.717) is 6.61 Å². The zero-order chi connectivity index (χ0) is 21.0. The number of benzene rings is 2. The molecule has 0 spiro atoms. The Bertz CT molecular complexity index is 820. The average molecular weight is 397 g/mol. The third kappa shape index (κ3) is 4.76. The molecule has 0 saturated carbocycles. The van der Waals surface area contributed by atoms with Crippen LogP contribution in [0.4, 0.5) is 0 Å². The molecule has 0 saturated heterocycles. The van der Waals surface area contributed by atoms with E-state index in [2.05, 4.69) is 69.1 Å². The zero-order valence-corrected chi connectivity index (χ0v) is 18.9. The summed E-state index contributed by atoms with van der Waals surface area (Å²) in [5, 5.41) is 3.75. The lowest BCUT2D eigenvalue weighted by Crippen LogP contribution is -2.32. The molecule has 1 N–H and O–H groups in total. The summed E-state index contributed by atoms with van der Waals surface area (Å²) in [5.74, 6) is 1.68. The highest BCUT2D eigenvalue weighted by molar-refractivity contribution is 5.54. The molecule has 1 aliphatic heterocycles. The van der Waals surface area contributed by atoms with Crippen LogP contribution in [0.15, 0.2) is 24.3 Å². The van der Waals surface area contributed by atoms with E-state index in [1.54, 1.807) is 7.11 Å². The molecular weight excluding hydrogens is 360 g/mol. The highest BCUT2D eigenvalue weighted by atomic mass is 16.5. The number of hydrogen-bond acceptors (Lipinski definition) is 4. The van der Waals surface area contributed by atoms with Gasteiger partial charge in [-0.05, 0) is 80.2 Å². The molecule has 1 atom stereocenters. The average Bonchev–Trinajstić information content (AvgIpc) is 2.70. The normalized spacial score (nSPS) is 16.0. The largest absolute Gasteiger partial charge is 0.493 e. The monoisotopic (exact) mass is 396 g/mol. The number of aryl methyl sites for hydroxylation is 3. The van der Waals surface area contributed by atoms with Crippen molar-refractivity contribution in [3.8, 4) is 11.5 Å². The fourth-order valence-electron chi connectivity index (χ4n) is 4.57. The first-order chi connectivity index (χ1) is 14.0. The van der Waals surface area contributed by atoms with Crippen LogP contribution in [0, 0.1) is 20.8 Å². The van der Waals surface area contributed by atoms with Crippen LogP contribution in [0.3, 0.4) is 0 Å². The first kappa shape index (κ1) is 21.7. The quantitative estimate of drug-likeness (QED) is 0.708. The van der Waals surface area contributed by atoms with E-state index in [4.69, 9.17) is 9.47 Å². The molecule has 4 nitrogen and oxygen atoms in total. The molecule has 0 aromatic heterocycles. The van der Waals surface area contributed by atoms with Crippen molar-refractivity contribution in [2.75, 3.05) is 39.9 Å². The second-order valence-corrected chi connectivity index (χ2v) is 8.03. The summed E-state index contributed by atoms with van der Waals surface area (Å²) in [6, 6.07) is 9.13. The van der Waals surface area contributed by atoms with Gasteiger partial charge in [-0.25, -0.2) is 0 Å². The molecule has 29 heavy (non-hydrogen) atoms. The minimum absolute atomic E-state index is 0.190. The standard InChI is InChI=1S/C25H36N2O2/c1-7-27(8-2)11-12-29-23-16-21-20(15-22(23)28-6)9-10-26-25(21)24-18(4)13-17(3)14-19(24)5/h13-16,25-26H,7-12H2,1-6H3. The summed E-state index contributed by atoms with van der Waals surface area (Å²) >= 11 is 0. The second kappa shape index (κ2) is 9.64. The van der Waals surface area contributed by atoms with Crippen LogP contribution >= 0.6 is 0 Å². The predicted octanol–water partition coefficient (Wildman–Crippen LogP) is 4.58. The molecule has 2 aromatic carbocycles.